The van der Waals surface area contributed by atoms with Crippen molar-refractivity contribution in [1.29, 1.82) is 0 Å². The van der Waals surface area contributed by atoms with Crippen LogP contribution in [-0.2, 0) is 6.42 Å². The van der Waals surface area contributed by atoms with Gasteiger partial charge < -0.3 is 10.2 Å². The molecule has 0 saturated carbocycles. The quantitative estimate of drug-likeness (QED) is 0.815. The molecule has 1 aliphatic heterocycles. The summed E-state index contributed by atoms with van der Waals surface area (Å²) in [6.07, 6.45) is 6.49. The Kier molecular flexibility index (Phi) is 5.22. The molecule has 2 rings (SSSR count). The van der Waals surface area contributed by atoms with Gasteiger partial charge in [-0.05, 0) is 50.7 Å². The summed E-state index contributed by atoms with van der Waals surface area (Å²) >= 11 is 1.87. The van der Waals surface area contributed by atoms with E-state index in [4.69, 9.17) is 0 Å². The van der Waals surface area contributed by atoms with Gasteiger partial charge in [-0.25, -0.2) is 0 Å². The van der Waals surface area contributed by atoms with E-state index in [1.54, 1.807) is 0 Å². The molecule has 1 atom stereocenters. The molecule has 1 aromatic rings. The topological polar surface area (TPSA) is 15.3 Å². The van der Waals surface area contributed by atoms with Crippen LogP contribution in [0.4, 0.5) is 0 Å². The van der Waals surface area contributed by atoms with Crippen molar-refractivity contribution in [1.82, 2.24) is 10.2 Å². The van der Waals surface area contributed by atoms with Crippen molar-refractivity contribution in [2.24, 2.45) is 0 Å². The van der Waals surface area contributed by atoms with Crippen molar-refractivity contribution < 1.29 is 0 Å². The van der Waals surface area contributed by atoms with Crippen LogP contribution in [0.2, 0.25) is 0 Å². The maximum atomic E-state index is 3.76. The third-order valence-electron chi connectivity index (χ3n) is 3.95. The van der Waals surface area contributed by atoms with Crippen molar-refractivity contribution >= 4 is 11.3 Å². The first-order valence-corrected chi connectivity index (χ1v) is 8.08. The van der Waals surface area contributed by atoms with Crippen molar-refractivity contribution in [2.75, 3.05) is 26.7 Å². The largest absolute Gasteiger partial charge is 0.310 e. The van der Waals surface area contributed by atoms with Crippen LogP contribution in [0.3, 0.4) is 0 Å². The third-order valence-corrected chi connectivity index (χ3v) is 4.89. The van der Waals surface area contributed by atoms with E-state index in [9.17, 15) is 0 Å². The number of likely N-dealkylation sites (N-methyl/N-ethyl adjacent to an activating group) is 1. The van der Waals surface area contributed by atoms with Crippen molar-refractivity contribution in [3.63, 3.8) is 0 Å². The average Bonchev–Trinajstić information content (AvgIpc) is 2.98. The van der Waals surface area contributed by atoms with Gasteiger partial charge >= 0.3 is 0 Å². The first kappa shape index (κ1) is 14.0. The molecule has 0 amide bonds. The highest BCUT2D eigenvalue weighted by Gasteiger charge is 2.33. The highest BCUT2D eigenvalue weighted by atomic mass is 32.1. The van der Waals surface area contributed by atoms with Crippen molar-refractivity contribution in [3.05, 3.63) is 22.4 Å². The molecule has 0 aromatic carbocycles. The monoisotopic (exact) mass is 266 g/mol. The summed E-state index contributed by atoms with van der Waals surface area (Å²) in [4.78, 5) is 4.01. The molecule has 1 aromatic heterocycles. The Balaban J connectivity index is 1.79. The minimum absolute atomic E-state index is 0.402. The highest BCUT2D eigenvalue weighted by molar-refractivity contribution is 7.09. The van der Waals surface area contributed by atoms with Gasteiger partial charge in [-0.1, -0.05) is 19.4 Å². The molecule has 1 unspecified atom stereocenters. The van der Waals surface area contributed by atoms with Gasteiger partial charge in [-0.3, -0.25) is 0 Å². The van der Waals surface area contributed by atoms with E-state index in [1.165, 1.54) is 56.6 Å². The van der Waals surface area contributed by atoms with Crippen molar-refractivity contribution in [2.45, 2.75) is 44.6 Å². The van der Waals surface area contributed by atoms with E-state index in [0.29, 0.717) is 5.54 Å². The molecule has 1 N–H and O–H groups in total. The third kappa shape index (κ3) is 3.81. The van der Waals surface area contributed by atoms with Gasteiger partial charge in [0.15, 0.2) is 0 Å². The van der Waals surface area contributed by atoms with Gasteiger partial charge in [0.1, 0.15) is 0 Å². The summed E-state index contributed by atoms with van der Waals surface area (Å²) < 4.78 is 0. The van der Waals surface area contributed by atoms with Crippen LogP contribution < -0.4 is 5.32 Å². The smallest absolute Gasteiger partial charge is 0.0309 e. The van der Waals surface area contributed by atoms with E-state index < -0.39 is 0 Å². The standard InChI is InChI=1S/C15H26N2S/c1-3-8-15(9-5-10-16-15)13-17(2)11-7-14-6-4-12-18-14/h4,6,12,16H,3,5,7-11,13H2,1-2H3. The maximum Gasteiger partial charge on any atom is 0.0309 e. The molecule has 1 aliphatic rings. The molecule has 2 nitrogen and oxygen atoms in total. The van der Waals surface area contributed by atoms with Crippen LogP contribution in [-0.4, -0.2) is 37.1 Å². The Labute approximate surface area is 115 Å². The second-order valence-electron chi connectivity index (χ2n) is 5.63. The van der Waals surface area contributed by atoms with Gasteiger partial charge in [-0.2, -0.15) is 0 Å². The summed E-state index contributed by atoms with van der Waals surface area (Å²) in [5.41, 5.74) is 0.402. The van der Waals surface area contributed by atoms with Gasteiger partial charge in [0.25, 0.3) is 0 Å². The van der Waals surface area contributed by atoms with E-state index >= 15 is 0 Å². The zero-order valence-corrected chi connectivity index (χ0v) is 12.6. The maximum absolute atomic E-state index is 3.76. The molecule has 0 radical (unpaired) electrons. The Morgan fingerprint density at radius 2 is 2.39 bits per heavy atom. The molecular formula is C15H26N2S. The molecule has 0 aliphatic carbocycles. The lowest BCUT2D eigenvalue weighted by Crippen LogP contribution is -2.49. The zero-order chi connectivity index (χ0) is 12.8. The summed E-state index contributed by atoms with van der Waals surface area (Å²) in [6.45, 7) is 5.88. The first-order chi connectivity index (χ1) is 8.74. The van der Waals surface area contributed by atoms with E-state index in [2.05, 4.69) is 41.7 Å². The Hall–Kier alpha value is -0.380. The summed E-state index contributed by atoms with van der Waals surface area (Å²) in [5.74, 6) is 0. The van der Waals surface area contributed by atoms with Crippen LogP contribution in [0, 0.1) is 0 Å². The number of nitrogens with one attached hydrogen (secondary N) is 1. The molecule has 0 bridgehead atoms. The number of hydrogen-bond acceptors (Lipinski definition) is 3. The first-order valence-electron chi connectivity index (χ1n) is 7.20. The molecule has 1 fully saturated rings. The number of nitrogens with zero attached hydrogens (tertiary/aromatic N) is 1. The summed E-state index contributed by atoms with van der Waals surface area (Å²) in [5, 5.41) is 5.93. The van der Waals surface area contributed by atoms with E-state index in [-0.39, 0.29) is 0 Å². The fourth-order valence-electron chi connectivity index (χ4n) is 3.13. The lowest BCUT2D eigenvalue weighted by Gasteiger charge is -2.34. The van der Waals surface area contributed by atoms with E-state index in [0.717, 1.165) is 0 Å². The molecule has 1 saturated heterocycles. The van der Waals surface area contributed by atoms with Gasteiger partial charge in [0, 0.05) is 23.5 Å². The van der Waals surface area contributed by atoms with Crippen LogP contribution in [0.25, 0.3) is 0 Å². The lowest BCUT2D eigenvalue weighted by atomic mass is 9.91. The van der Waals surface area contributed by atoms with Gasteiger partial charge in [0.2, 0.25) is 0 Å². The molecule has 102 valence electrons. The lowest BCUT2D eigenvalue weighted by molar-refractivity contribution is 0.215. The summed E-state index contributed by atoms with van der Waals surface area (Å²) in [6, 6.07) is 4.39. The Morgan fingerprint density at radius 1 is 1.50 bits per heavy atom. The predicted octanol–water partition coefficient (Wildman–Crippen LogP) is 3.14. The predicted molar refractivity (Wildman–Crippen MR) is 80.4 cm³/mol. The normalized spacial score (nSPS) is 23.9. The number of hydrogen-bond donors (Lipinski definition) is 1. The molecular weight excluding hydrogens is 240 g/mol. The highest BCUT2D eigenvalue weighted by Crippen LogP contribution is 2.25. The second-order valence-corrected chi connectivity index (χ2v) is 6.66. The van der Waals surface area contributed by atoms with Gasteiger partial charge in [0.05, 0.1) is 0 Å². The number of thiophene rings is 1. The Morgan fingerprint density at radius 3 is 3.00 bits per heavy atom. The zero-order valence-electron chi connectivity index (χ0n) is 11.7. The van der Waals surface area contributed by atoms with Crippen LogP contribution in [0.1, 0.15) is 37.5 Å². The fraction of sp³-hybridized carbons (Fsp3) is 0.733. The average molecular weight is 266 g/mol. The Bertz CT molecular complexity index is 328. The van der Waals surface area contributed by atoms with Crippen molar-refractivity contribution in [3.8, 4) is 0 Å². The number of rotatable bonds is 7. The van der Waals surface area contributed by atoms with Gasteiger partial charge in [-0.15, -0.1) is 11.3 Å². The molecule has 2 heterocycles. The minimum atomic E-state index is 0.402. The summed E-state index contributed by atoms with van der Waals surface area (Å²) in [7, 11) is 2.27. The fourth-order valence-corrected chi connectivity index (χ4v) is 3.82. The second kappa shape index (κ2) is 6.69. The van der Waals surface area contributed by atoms with Crippen LogP contribution >= 0.6 is 11.3 Å². The molecule has 3 heteroatoms. The van der Waals surface area contributed by atoms with Crippen LogP contribution in [0.5, 0.6) is 0 Å². The molecule has 18 heavy (non-hydrogen) atoms. The SMILES string of the molecule is CCCC1(CN(C)CCc2cccs2)CCCN1. The van der Waals surface area contributed by atoms with E-state index in [1.807, 2.05) is 11.3 Å². The van der Waals surface area contributed by atoms with Crippen LogP contribution in [0.15, 0.2) is 17.5 Å². The minimum Gasteiger partial charge on any atom is -0.310 e. The molecule has 0 spiro atoms.